The number of ether oxygens (including phenoxy) is 2. The van der Waals surface area contributed by atoms with Crippen molar-refractivity contribution in [1.82, 2.24) is 15.1 Å². The minimum Gasteiger partial charge on any atom is -0.444 e. The molecule has 0 spiro atoms. The van der Waals surface area contributed by atoms with Crippen LogP contribution in [0.3, 0.4) is 0 Å². The smallest absolute Gasteiger partial charge is 0.410 e. The first-order chi connectivity index (χ1) is 10.7. The second-order valence-corrected chi connectivity index (χ2v) is 7.62. The normalized spacial score (nSPS) is 11.5. The number of nitrogens with zero attached hydrogens (tertiary/aromatic N) is 2. The molecule has 0 bridgehead atoms. The molecule has 0 aromatic rings. The van der Waals surface area contributed by atoms with Crippen LogP contribution in [0.1, 0.15) is 41.5 Å². The van der Waals surface area contributed by atoms with Crippen molar-refractivity contribution in [3.8, 4) is 0 Å². The van der Waals surface area contributed by atoms with Gasteiger partial charge in [-0.1, -0.05) is 0 Å². The van der Waals surface area contributed by atoms with Crippen molar-refractivity contribution in [3.05, 3.63) is 0 Å². The number of carbonyl (C=O) groups excluding carboxylic acids is 3. The zero-order valence-corrected chi connectivity index (χ0v) is 16.1. The minimum atomic E-state index is -0.672. The third-order valence-electron chi connectivity index (χ3n) is 2.53. The highest BCUT2D eigenvalue weighted by Gasteiger charge is 2.24. The molecule has 0 aliphatic carbocycles. The van der Waals surface area contributed by atoms with E-state index in [-0.39, 0.29) is 25.5 Å². The summed E-state index contributed by atoms with van der Waals surface area (Å²) in [5, 5.41) is 2.55. The van der Waals surface area contributed by atoms with Crippen LogP contribution in [0.2, 0.25) is 0 Å². The molecular weight excluding hydrogens is 314 g/mol. The fraction of sp³-hybridized carbons (Fsp3) is 0.812. The number of amides is 3. The van der Waals surface area contributed by atoms with Gasteiger partial charge in [0.05, 0.1) is 0 Å². The van der Waals surface area contributed by atoms with Crippen LogP contribution in [-0.4, -0.2) is 72.8 Å². The largest absolute Gasteiger partial charge is 0.444 e. The molecule has 0 saturated carbocycles. The molecule has 0 rings (SSSR count). The van der Waals surface area contributed by atoms with E-state index in [1.54, 1.807) is 55.6 Å². The first-order valence-corrected chi connectivity index (χ1v) is 7.86. The molecule has 0 aliphatic heterocycles. The predicted molar refractivity (Wildman–Crippen MR) is 90.7 cm³/mol. The Morgan fingerprint density at radius 1 is 0.917 bits per heavy atom. The fourth-order valence-corrected chi connectivity index (χ4v) is 1.47. The molecule has 140 valence electrons. The van der Waals surface area contributed by atoms with E-state index in [1.165, 1.54) is 9.80 Å². The van der Waals surface area contributed by atoms with Crippen molar-refractivity contribution >= 4 is 18.1 Å². The maximum absolute atomic E-state index is 12.2. The molecule has 0 aromatic carbocycles. The molecule has 3 amide bonds. The minimum absolute atomic E-state index is 0.127. The van der Waals surface area contributed by atoms with Crippen LogP contribution in [0.5, 0.6) is 0 Å². The summed E-state index contributed by atoms with van der Waals surface area (Å²) in [6.45, 7) is 10.7. The number of rotatable bonds is 5. The van der Waals surface area contributed by atoms with Crippen molar-refractivity contribution in [1.29, 1.82) is 0 Å². The molecular formula is C16H31N3O5. The first-order valence-electron chi connectivity index (χ1n) is 7.86. The van der Waals surface area contributed by atoms with E-state index in [2.05, 4.69) is 5.32 Å². The Labute approximate surface area is 144 Å². The maximum Gasteiger partial charge on any atom is 0.410 e. The summed E-state index contributed by atoms with van der Waals surface area (Å²) in [4.78, 5) is 38.4. The van der Waals surface area contributed by atoms with Crippen LogP contribution >= 0.6 is 0 Å². The van der Waals surface area contributed by atoms with E-state index in [0.29, 0.717) is 0 Å². The lowest BCUT2D eigenvalue weighted by Crippen LogP contribution is -2.46. The summed E-state index contributed by atoms with van der Waals surface area (Å²) < 4.78 is 10.4. The van der Waals surface area contributed by atoms with Gasteiger partial charge in [-0.2, -0.15) is 0 Å². The first kappa shape index (κ1) is 22.0. The van der Waals surface area contributed by atoms with Gasteiger partial charge in [-0.25, -0.2) is 9.59 Å². The summed E-state index contributed by atoms with van der Waals surface area (Å²) in [6.07, 6.45) is -1.19. The van der Waals surface area contributed by atoms with E-state index in [9.17, 15) is 14.4 Å². The third-order valence-corrected chi connectivity index (χ3v) is 2.53. The van der Waals surface area contributed by atoms with Gasteiger partial charge >= 0.3 is 12.2 Å². The van der Waals surface area contributed by atoms with Crippen molar-refractivity contribution in [2.75, 3.05) is 33.7 Å². The highest BCUT2D eigenvalue weighted by atomic mass is 16.6. The molecule has 0 atom stereocenters. The molecule has 8 heteroatoms. The van der Waals surface area contributed by atoms with E-state index >= 15 is 0 Å². The molecule has 1 N–H and O–H groups in total. The maximum atomic E-state index is 12.2. The average Bonchev–Trinajstić information content (AvgIpc) is 2.32. The lowest BCUT2D eigenvalue weighted by Gasteiger charge is -2.28. The molecule has 0 saturated heterocycles. The van der Waals surface area contributed by atoms with Crippen LogP contribution in [0.25, 0.3) is 0 Å². The average molecular weight is 345 g/mol. The van der Waals surface area contributed by atoms with Gasteiger partial charge in [0.25, 0.3) is 0 Å². The molecule has 0 heterocycles. The zero-order chi connectivity index (χ0) is 19.1. The van der Waals surface area contributed by atoms with Crippen LogP contribution in [0.4, 0.5) is 9.59 Å². The summed E-state index contributed by atoms with van der Waals surface area (Å²) >= 11 is 0. The summed E-state index contributed by atoms with van der Waals surface area (Å²) in [5.74, 6) is -0.238. The van der Waals surface area contributed by atoms with Crippen molar-refractivity contribution in [2.45, 2.75) is 52.7 Å². The number of nitrogens with one attached hydrogen (secondary N) is 1. The van der Waals surface area contributed by atoms with E-state index < -0.39 is 23.4 Å². The Bertz CT molecular complexity index is 450. The number of carbonyl (C=O) groups is 3. The standard InChI is InChI=1S/C16H31N3O5/c1-15(2,3)23-13(21)17-9-10-19(11-12(20)18(7)8)14(22)24-16(4,5)6/h9-11H2,1-8H3,(H,17,21). The fourth-order valence-electron chi connectivity index (χ4n) is 1.47. The second-order valence-electron chi connectivity index (χ2n) is 7.62. The summed E-state index contributed by atoms with van der Waals surface area (Å²) in [5.41, 5.74) is -1.27. The lowest BCUT2D eigenvalue weighted by atomic mass is 10.2. The molecule has 8 nitrogen and oxygen atoms in total. The van der Waals surface area contributed by atoms with E-state index in [0.717, 1.165) is 0 Å². The summed E-state index contributed by atoms with van der Waals surface area (Å²) in [7, 11) is 3.21. The van der Waals surface area contributed by atoms with Gasteiger partial charge in [0.15, 0.2) is 0 Å². The Hall–Kier alpha value is -1.99. The van der Waals surface area contributed by atoms with Gasteiger partial charge in [-0.05, 0) is 41.5 Å². The molecule has 0 aromatic heterocycles. The molecule has 24 heavy (non-hydrogen) atoms. The van der Waals surface area contributed by atoms with Gasteiger partial charge in [0.1, 0.15) is 17.7 Å². The Morgan fingerprint density at radius 3 is 1.83 bits per heavy atom. The Kier molecular flexibility index (Phi) is 8.02. The van der Waals surface area contributed by atoms with Crippen molar-refractivity contribution < 1.29 is 23.9 Å². The van der Waals surface area contributed by atoms with Gasteiger partial charge < -0.3 is 19.7 Å². The van der Waals surface area contributed by atoms with E-state index in [4.69, 9.17) is 9.47 Å². The monoisotopic (exact) mass is 345 g/mol. The number of hydrogen-bond acceptors (Lipinski definition) is 5. The number of likely N-dealkylation sites (N-methyl/N-ethyl adjacent to an activating group) is 1. The van der Waals surface area contributed by atoms with Crippen LogP contribution < -0.4 is 5.32 Å². The van der Waals surface area contributed by atoms with Crippen LogP contribution in [0.15, 0.2) is 0 Å². The molecule has 0 aliphatic rings. The highest BCUT2D eigenvalue weighted by Crippen LogP contribution is 2.10. The third kappa shape index (κ3) is 10.7. The predicted octanol–water partition coefficient (Wildman–Crippen LogP) is 1.84. The highest BCUT2D eigenvalue weighted by molar-refractivity contribution is 5.82. The molecule has 0 radical (unpaired) electrons. The number of hydrogen-bond donors (Lipinski definition) is 1. The number of alkyl carbamates (subject to hydrolysis) is 1. The van der Waals surface area contributed by atoms with Gasteiger partial charge in [0, 0.05) is 27.2 Å². The zero-order valence-electron chi connectivity index (χ0n) is 16.1. The van der Waals surface area contributed by atoms with Crippen molar-refractivity contribution in [3.63, 3.8) is 0 Å². The Balaban J connectivity index is 4.68. The lowest BCUT2D eigenvalue weighted by molar-refractivity contribution is -0.129. The van der Waals surface area contributed by atoms with Crippen LogP contribution in [0, 0.1) is 0 Å². The van der Waals surface area contributed by atoms with Gasteiger partial charge in [0.2, 0.25) is 5.91 Å². The molecule has 0 fully saturated rings. The van der Waals surface area contributed by atoms with Gasteiger partial charge in [-0.15, -0.1) is 0 Å². The quantitative estimate of drug-likeness (QED) is 0.821. The SMILES string of the molecule is CN(C)C(=O)CN(CCNC(=O)OC(C)(C)C)C(=O)OC(C)(C)C. The van der Waals surface area contributed by atoms with E-state index in [1.807, 2.05) is 0 Å². The van der Waals surface area contributed by atoms with Gasteiger partial charge in [-0.3, -0.25) is 9.69 Å². The molecule has 0 unspecified atom stereocenters. The van der Waals surface area contributed by atoms with Crippen LogP contribution in [-0.2, 0) is 14.3 Å². The van der Waals surface area contributed by atoms with Crippen molar-refractivity contribution in [2.24, 2.45) is 0 Å². The second kappa shape index (κ2) is 8.75. The summed E-state index contributed by atoms with van der Waals surface area (Å²) in [6, 6.07) is 0. The topological polar surface area (TPSA) is 88.2 Å². The Morgan fingerprint density at radius 2 is 1.42 bits per heavy atom.